The number of rotatable bonds is 7. The van der Waals surface area contributed by atoms with E-state index in [0.29, 0.717) is 11.5 Å². The van der Waals surface area contributed by atoms with E-state index in [1.165, 1.54) is 32.1 Å². The molecule has 3 heteroatoms. The van der Waals surface area contributed by atoms with Gasteiger partial charge in [0.05, 0.1) is 25.9 Å². The zero-order chi connectivity index (χ0) is 11.9. The molecule has 0 aliphatic heterocycles. The first kappa shape index (κ1) is 14.5. The van der Waals surface area contributed by atoms with Gasteiger partial charge < -0.3 is 9.47 Å². The monoisotopic (exact) mass is 292 g/mol. The van der Waals surface area contributed by atoms with E-state index in [-0.39, 0.29) is 0 Å². The molecule has 0 spiro atoms. The minimum absolute atomic E-state index is 0.309. The van der Waals surface area contributed by atoms with Crippen molar-refractivity contribution in [1.82, 2.24) is 0 Å². The molecule has 0 aromatic rings. The van der Waals surface area contributed by atoms with Crippen LogP contribution < -0.4 is 0 Å². The molecule has 1 fully saturated rings. The number of alkyl halides is 1. The first-order chi connectivity index (χ1) is 7.68. The summed E-state index contributed by atoms with van der Waals surface area (Å²) in [6.07, 6.45) is 7.04. The van der Waals surface area contributed by atoms with Gasteiger partial charge in [-0.2, -0.15) is 0 Å². The van der Waals surface area contributed by atoms with Gasteiger partial charge in [-0.05, 0) is 26.7 Å². The quantitative estimate of drug-likeness (QED) is 0.525. The van der Waals surface area contributed by atoms with Gasteiger partial charge in [0.25, 0.3) is 0 Å². The lowest BCUT2D eigenvalue weighted by Crippen LogP contribution is -2.32. The summed E-state index contributed by atoms with van der Waals surface area (Å²) in [7, 11) is 0. The maximum absolute atomic E-state index is 5.76. The SMILES string of the molecule is CC(C)OCCOCC1(CBr)CCCCC1. The highest BCUT2D eigenvalue weighted by molar-refractivity contribution is 9.09. The lowest BCUT2D eigenvalue weighted by molar-refractivity contribution is -0.0141. The van der Waals surface area contributed by atoms with Gasteiger partial charge >= 0.3 is 0 Å². The molecule has 0 unspecified atom stereocenters. The van der Waals surface area contributed by atoms with Crippen molar-refractivity contribution in [1.29, 1.82) is 0 Å². The average molecular weight is 293 g/mol. The summed E-state index contributed by atoms with van der Waals surface area (Å²) in [6.45, 7) is 6.45. The summed E-state index contributed by atoms with van der Waals surface area (Å²) < 4.78 is 11.2. The Morgan fingerprint density at radius 2 is 1.81 bits per heavy atom. The molecular formula is C13H25BrO2. The third kappa shape index (κ3) is 5.15. The van der Waals surface area contributed by atoms with Gasteiger partial charge in [-0.1, -0.05) is 35.2 Å². The number of hydrogen-bond acceptors (Lipinski definition) is 2. The molecule has 0 amide bonds. The fourth-order valence-corrected chi connectivity index (χ4v) is 2.97. The summed E-state index contributed by atoms with van der Waals surface area (Å²) in [5.74, 6) is 0. The Balaban J connectivity index is 2.13. The Kier molecular flexibility index (Phi) is 6.94. The molecule has 0 N–H and O–H groups in total. The molecule has 0 aromatic carbocycles. The van der Waals surface area contributed by atoms with Crippen LogP contribution in [0.15, 0.2) is 0 Å². The predicted octanol–water partition coefficient (Wildman–Crippen LogP) is 3.77. The van der Waals surface area contributed by atoms with E-state index in [2.05, 4.69) is 29.8 Å². The van der Waals surface area contributed by atoms with Crippen molar-refractivity contribution in [3.05, 3.63) is 0 Å². The molecule has 0 saturated heterocycles. The molecule has 1 saturated carbocycles. The Bertz CT molecular complexity index is 177. The zero-order valence-corrected chi connectivity index (χ0v) is 12.2. The summed E-state index contributed by atoms with van der Waals surface area (Å²) in [6, 6.07) is 0. The Morgan fingerprint density at radius 3 is 2.38 bits per heavy atom. The molecule has 0 heterocycles. The third-order valence-corrected chi connectivity index (χ3v) is 4.47. The van der Waals surface area contributed by atoms with Crippen molar-refractivity contribution in [2.45, 2.75) is 52.1 Å². The largest absolute Gasteiger partial charge is 0.378 e. The predicted molar refractivity (Wildman–Crippen MR) is 71.2 cm³/mol. The zero-order valence-electron chi connectivity index (χ0n) is 10.6. The van der Waals surface area contributed by atoms with E-state index in [1.807, 2.05) is 0 Å². The van der Waals surface area contributed by atoms with E-state index >= 15 is 0 Å². The second kappa shape index (κ2) is 7.67. The second-order valence-electron chi connectivity index (χ2n) is 5.17. The van der Waals surface area contributed by atoms with Crippen molar-refractivity contribution in [2.75, 3.05) is 25.2 Å². The van der Waals surface area contributed by atoms with Crippen LogP contribution in [0.3, 0.4) is 0 Å². The molecular weight excluding hydrogens is 268 g/mol. The maximum atomic E-state index is 5.76. The van der Waals surface area contributed by atoms with Crippen LogP contribution in [-0.4, -0.2) is 31.3 Å². The highest BCUT2D eigenvalue weighted by Crippen LogP contribution is 2.37. The van der Waals surface area contributed by atoms with Crippen molar-refractivity contribution in [3.8, 4) is 0 Å². The molecule has 1 aliphatic carbocycles. The lowest BCUT2D eigenvalue weighted by atomic mass is 9.76. The number of halogens is 1. The van der Waals surface area contributed by atoms with Crippen LogP contribution >= 0.6 is 15.9 Å². The third-order valence-electron chi connectivity index (χ3n) is 3.28. The van der Waals surface area contributed by atoms with E-state index in [1.54, 1.807) is 0 Å². The smallest absolute Gasteiger partial charge is 0.0703 e. The maximum Gasteiger partial charge on any atom is 0.0703 e. The van der Waals surface area contributed by atoms with Crippen molar-refractivity contribution in [3.63, 3.8) is 0 Å². The normalized spacial score (nSPS) is 20.2. The molecule has 1 rings (SSSR count). The summed E-state index contributed by atoms with van der Waals surface area (Å²) in [4.78, 5) is 0. The van der Waals surface area contributed by atoms with Crippen LogP contribution in [0.1, 0.15) is 46.0 Å². The molecule has 0 aromatic heterocycles. The number of hydrogen-bond donors (Lipinski definition) is 0. The Labute approximate surface area is 108 Å². The molecule has 0 radical (unpaired) electrons. The van der Waals surface area contributed by atoms with Gasteiger partial charge in [-0.15, -0.1) is 0 Å². The van der Waals surface area contributed by atoms with E-state index in [9.17, 15) is 0 Å². The van der Waals surface area contributed by atoms with Gasteiger partial charge in [0.15, 0.2) is 0 Å². The van der Waals surface area contributed by atoms with Crippen LogP contribution in [0.4, 0.5) is 0 Å². The molecule has 16 heavy (non-hydrogen) atoms. The number of ether oxygens (including phenoxy) is 2. The van der Waals surface area contributed by atoms with Gasteiger partial charge in [0.2, 0.25) is 0 Å². The first-order valence-electron chi connectivity index (χ1n) is 6.44. The Hall–Kier alpha value is 0.400. The minimum Gasteiger partial charge on any atom is -0.378 e. The van der Waals surface area contributed by atoms with Crippen LogP contribution in [-0.2, 0) is 9.47 Å². The van der Waals surface area contributed by atoms with Crippen LogP contribution in [0.2, 0.25) is 0 Å². The summed E-state index contributed by atoms with van der Waals surface area (Å²) in [5.41, 5.74) is 0.399. The molecule has 96 valence electrons. The second-order valence-corrected chi connectivity index (χ2v) is 5.73. The fraction of sp³-hybridized carbons (Fsp3) is 1.00. The summed E-state index contributed by atoms with van der Waals surface area (Å²) in [5, 5.41) is 1.07. The van der Waals surface area contributed by atoms with Crippen LogP contribution in [0.5, 0.6) is 0 Å². The average Bonchev–Trinajstić information content (AvgIpc) is 2.29. The topological polar surface area (TPSA) is 18.5 Å². The van der Waals surface area contributed by atoms with Gasteiger partial charge in [-0.3, -0.25) is 0 Å². The summed E-state index contributed by atoms with van der Waals surface area (Å²) >= 11 is 3.65. The molecule has 0 atom stereocenters. The first-order valence-corrected chi connectivity index (χ1v) is 7.56. The van der Waals surface area contributed by atoms with Crippen LogP contribution in [0.25, 0.3) is 0 Å². The van der Waals surface area contributed by atoms with E-state index in [0.717, 1.165) is 25.2 Å². The molecule has 1 aliphatic rings. The minimum atomic E-state index is 0.309. The van der Waals surface area contributed by atoms with E-state index in [4.69, 9.17) is 9.47 Å². The van der Waals surface area contributed by atoms with Gasteiger partial charge in [-0.25, -0.2) is 0 Å². The highest BCUT2D eigenvalue weighted by atomic mass is 79.9. The lowest BCUT2D eigenvalue weighted by Gasteiger charge is -2.35. The van der Waals surface area contributed by atoms with Crippen molar-refractivity contribution >= 4 is 15.9 Å². The molecule has 0 bridgehead atoms. The van der Waals surface area contributed by atoms with E-state index < -0.39 is 0 Å². The van der Waals surface area contributed by atoms with Gasteiger partial charge in [0.1, 0.15) is 0 Å². The van der Waals surface area contributed by atoms with Crippen molar-refractivity contribution < 1.29 is 9.47 Å². The standard InChI is InChI=1S/C13H25BrO2/c1-12(2)16-9-8-15-11-13(10-14)6-4-3-5-7-13/h12H,3-11H2,1-2H3. The fourth-order valence-electron chi connectivity index (χ4n) is 2.25. The van der Waals surface area contributed by atoms with Gasteiger partial charge in [0, 0.05) is 10.7 Å². The Morgan fingerprint density at radius 1 is 1.12 bits per heavy atom. The van der Waals surface area contributed by atoms with Crippen LogP contribution in [0, 0.1) is 5.41 Å². The molecule has 2 nitrogen and oxygen atoms in total. The van der Waals surface area contributed by atoms with Crippen molar-refractivity contribution in [2.24, 2.45) is 5.41 Å². The highest BCUT2D eigenvalue weighted by Gasteiger charge is 2.31.